The lowest BCUT2D eigenvalue weighted by molar-refractivity contribution is 0.196. The predicted octanol–water partition coefficient (Wildman–Crippen LogP) is 3.43. The van der Waals surface area contributed by atoms with Crippen molar-refractivity contribution in [2.75, 3.05) is 13.7 Å². The second-order valence-electron chi connectivity index (χ2n) is 3.09. The number of benzene rings is 1. The SMILES string of the molecule is COCCc1nc2cc(Br)cc(Cl)c2o1. The summed E-state index contributed by atoms with van der Waals surface area (Å²) in [4.78, 5) is 4.31. The van der Waals surface area contributed by atoms with Crippen LogP contribution < -0.4 is 0 Å². The molecule has 1 aromatic heterocycles. The van der Waals surface area contributed by atoms with Crippen LogP contribution in [0.4, 0.5) is 0 Å². The average molecular weight is 291 g/mol. The molecule has 0 aliphatic carbocycles. The van der Waals surface area contributed by atoms with Crippen molar-refractivity contribution in [1.82, 2.24) is 4.98 Å². The van der Waals surface area contributed by atoms with Crippen LogP contribution >= 0.6 is 27.5 Å². The third-order valence-corrected chi connectivity index (χ3v) is 2.71. The molecule has 0 fully saturated rings. The lowest BCUT2D eigenvalue weighted by Crippen LogP contribution is -1.93. The van der Waals surface area contributed by atoms with Crippen molar-refractivity contribution in [1.29, 1.82) is 0 Å². The largest absolute Gasteiger partial charge is 0.439 e. The summed E-state index contributed by atoms with van der Waals surface area (Å²) in [7, 11) is 1.65. The van der Waals surface area contributed by atoms with E-state index in [9.17, 15) is 0 Å². The van der Waals surface area contributed by atoms with Gasteiger partial charge in [-0.1, -0.05) is 27.5 Å². The summed E-state index contributed by atoms with van der Waals surface area (Å²) in [5.74, 6) is 0.645. The van der Waals surface area contributed by atoms with Crippen molar-refractivity contribution in [3.63, 3.8) is 0 Å². The van der Waals surface area contributed by atoms with Crippen molar-refractivity contribution in [3.8, 4) is 0 Å². The molecule has 15 heavy (non-hydrogen) atoms. The molecular weight excluding hydrogens is 281 g/mol. The van der Waals surface area contributed by atoms with Crippen LogP contribution in [-0.2, 0) is 11.2 Å². The number of hydrogen-bond acceptors (Lipinski definition) is 3. The number of rotatable bonds is 3. The van der Waals surface area contributed by atoms with Gasteiger partial charge in [0.2, 0.25) is 0 Å². The van der Waals surface area contributed by atoms with Crippen LogP contribution in [0, 0.1) is 0 Å². The van der Waals surface area contributed by atoms with E-state index in [4.69, 9.17) is 20.8 Å². The number of nitrogens with zero attached hydrogens (tertiary/aromatic N) is 1. The van der Waals surface area contributed by atoms with Gasteiger partial charge in [-0.05, 0) is 12.1 Å². The number of hydrogen-bond donors (Lipinski definition) is 0. The van der Waals surface area contributed by atoms with Crippen molar-refractivity contribution >= 4 is 38.6 Å². The first-order valence-electron chi connectivity index (χ1n) is 4.44. The van der Waals surface area contributed by atoms with Gasteiger partial charge in [0.25, 0.3) is 0 Å². The fraction of sp³-hybridized carbons (Fsp3) is 0.300. The van der Waals surface area contributed by atoms with Crippen molar-refractivity contribution in [2.45, 2.75) is 6.42 Å². The summed E-state index contributed by atoms with van der Waals surface area (Å²) in [5, 5.41) is 0.565. The Bertz CT molecular complexity index is 483. The number of ether oxygens (including phenoxy) is 1. The van der Waals surface area contributed by atoms with Crippen LogP contribution in [0.15, 0.2) is 21.0 Å². The van der Waals surface area contributed by atoms with Gasteiger partial charge in [0.05, 0.1) is 11.6 Å². The average Bonchev–Trinajstić information content (AvgIpc) is 2.57. The molecule has 0 aliphatic rings. The van der Waals surface area contributed by atoms with Crippen LogP contribution in [0.1, 0.15) is 5.89 Å². The van der Waals surface area contributed by atoms with E-state index in [1.807, 2.05) is 6.07 Å². The first-order chi connectivity index (χ1) is 7.20. The molecule has 0 saturated heterocycles. The predicted molar refractivity (Wildman–Crippen MR) is 62.3 cm³/mol. The Hall–Kier alpha value is -0.580. The zero-order valence-corrected chi connectivity index (χ0v) is 10.4. The summed E-state index contributed by atoms with van der Waals surface area (Å²) >= 11 is 9.37. The standard InChI is InChI=1S/C10H9BrClNO2/c1-14-3-2-9-13-8-5-6(11)4-7(12)10(8)15-9/h4-5H,2-3H2,1H3. The maximum absolute atomic E-state index is 6.01. The Labute approximate surface area is 101 Å². The monoisotopic (exact) mass is 289 g/mol. The molecule has 0 atom stereocenters. The highest BCUT2D eigenvalue weighted by atomic mass is 79.9. The smallest absolute Gasteiger partial charge is 0.197 e. The lowest BCUT2D eigenvalue weighted by Gasteiger charge is -1.92. The fourth-order valence-corrected chi connectivity index (χ4v) is 2.13. The molecule has 80 valence electrons. The molecule has 0 aliphatic heterocycles. The highest BCUT2D eigenvalue weighted by Crippen LogP contribution is 2.28. The normalized spacial score (nSPS) is 11.1. The van der Waals surface area contributed by atoms with E-state index in [0.717, 1.165) is 9.99 Å². The number of aromatic nitrogens is 1. The third-order valence-electron chi connectivity index (χ3n) is 1.97. The highest BCUT2D eigenvalue weighted by Gasteiger charge is 2.09. The van der Waals surface area contributed by atoms with Gasteiger partial charge >= 0.3 is 0 Å². The summed E-state index contributed by atoms with van der Waals surface area (Å²) in [5.41, 5.74) is 1.39. The number of oxazole rings is 1. The van der Waals surface area contributed by atoms with E-state index in [1.165, 1.54) is 0 Å². The molecule has 0 radical (unpaired) electrons. The van der Waals surface area contributed by atoms with Crippen molar-refractivity contribution in [3.05, 3.63) is 27.5 Å². The molecule has 0 saturated carbocycles. The Morgan fingerprint density at radius 1 is 1.53 bits per heavy atom. The molecule has 0 bridgehead atoms. The molecule has 1 heterocycles. The van der Waals surface area contributed by atoms with Gasteiger partial charge < -0.3 is 9.15 Å². The first-order valence-corrected chi connectivity index (χ1v) is 5.61. The number of fused-ring (bicyclic) bond motifs is 1. The Kier molecular flexibility index (Phi) is 3.29. The topological polar surface area (TPSA) is 35.3 Å². The molecular formula is C10H9BrClNO2. The van der Waals surface area contributed by atoms with Crippen LogP contribution in [0.3, 0.4) is 0 Å². The van der Waals surface area contributed by atoms with Gasteiger partial charge in [0.15, 0.2) is 11.5 Å². The summed E-state index contributed by atoms with van der Waals surface area (Å²) < 4.78 is 11.4. The number of halogens is 2. The zero-order chi connectivity index (χ0) is 10.8. The van der Waals surface area contributed by atoms with Crippen LogP contribution in [-0.4, -0.2) is 18.7 Å². The van der Waals surface area contributed by atoms with Crippen molar-refractivity contribution in [2.24, 2.45) is 0 Å². The maximum Gasteiger partial charge on any atom is 0.197 e. The van der Waals surface area contributed by atoms with Gasteiger partial charge in [-0.25, -0.2) is 4.98 Å². The van der Waals surface area contributed by atoms with Crippen LogP contribution in [0.25, 0.3) is 11.1 Å². The van der Waals surface area contributed by atoms with E-state index in [2.05, 4.69) is 20.9 Å². The molecule has 1 aromatic carbocycles. The fourth-order valence-electron chi connectivity index (χ4n) is 1.30. The van der Waals surface area contributed by atoms with E-state index in [-0.39, 0.29) is 0 Å². The second kappa shape index (κ2) is 4.51. The Morgan fingerprint density at radius 2 is 2.33 bits per heavy atom. The summed E-state index contributed by atoms with van der Waals surface area (Å²) in [6.45, 7) is 0.589. The van der Waals surface area contributed by atoms with Gasteiger partial charge in [0.1, 0.15) is 5.52 Å². The third kappa shape index (κ3) is 2.33. The Balaban J connectivity index is 2.41. The molecule has 0 unspecified atom stereocenters. The van der Waals surface area contributed by atoms with Gasteiger partial charge in [0, 0.05) is 18.0 Å². The van der Waals surface area contributed by atoms with Crippen LogP contribution in [0.2, 0.25) is 5.02 Å². The zero-order valence-electron chi connectivity index (χ0n) is 8.09. The Morgan fingerprint density at radius 3 is 3.07 bits per heavy atom. The van der Waals surface area contributed by atoms with E-state index in [0.29, 0.717) is 29.5 Å². The minimum absolute atomic E-state index is 0.565. The second-order valence-corrected chi connectivity index (χ2v) is 4.41. The molecule has 5 heteroatoms. The van der Waals surface area contributed by atoms with Gasteiger partial charge in [-0.2, -0.15) is 0 Å². The highest BCUT2D eigenvalue weighted by molar-refractivity contribution is 9.10. The minimum atomic E-state index is 0.565. The molecule has 2 rings (SSSR count). The molecule has 0 amide bonds. The van der Waals surface area contributed by atoms with Crippen molar-refractivity contribution < 1.29 is 9.15 Å². The quantitative estimate of drug-likeness (QED) is 0.868. The van der Waals surface area contributed by atoms with Gasteiger partial charge in [-0.3, -0.25) is 0 Å². The molecule has 0 N–H and O–H groups in total. The van der Waals surface area contributed by atoms with Gasteiger partial charge in [-0.15, -0.1) is 0 Å². The number of methoxy groups -OCH3 is 1. The minimum Gasteiger partial charge on any atom is -0.439 e. The summed E-state index contributed by atoms with van der Waals surface area (Å²) in [6.07, 6.45) is 0.652. The first kappa shape index (κ1) is 10.9. The van der Waals surface area contributed by atoms with Crippen LogP contribution in [0.5, 0.6) is 0 Å². The van der Waals surface area contributed by atoms with E-state index >= 15 is 0 Å². The molecule has 2 aromatic rings. The van der Waals surface area contributed by atoms with E-state index in [1.54, 1.807) is 13.2 Å². The molecule has 0 spiro atoms. The lowest BCUT2D eigenvalue weighted by atomic mass is 10.3. The molecule has 3 nitrogen and oxygen atoms in total. The summed E-state index contributed by atoms with van der Waals surface area (Å²) in [6, 6.07) is 3.66. The maximum atomic E-state index is 6.01. The van der Waals surface area contributed by atoms with E-state index < -0.39 is 0 Å².